The highest BCUT2D eigenvalue weighted by molar-refractivity contribution is 6.31. The van der Waals surface area contributed by atoms with Crippen molar-refractivity contribution in [2.75, 3.05) is 5.73 Å². The van der Waals surface area contributed by atoms with Gasteiger partial charge in [-0.15, -0.1) is 0 Å². The SMILES string of the molecule is CC(=O)c1ccc(CNC(=O)c2cc(Cl)cc(F)c2N)nc1C. The number of ketones is 1. The normalized spacial score (nSPS) is 10.4. The van der Waals surface area contributed by atoms with Gasteiger partial charge in [-0.05, 0) is 38.1 Å². The van der Waals surface area contributed by atoms with Crippen molar-refractivity contribution in [3.63, 3.8) is 0 Å². The maximum Gasteiger partial charge on any atom is 0.253 e. The van der Waals surface area contributed by atoms with Gasteiger partial charge in [0, 0.05) is 16.3 Å². The largest absolute Gasteiger partial charge is 0.396 e. The van der Waals surface area contributed by atoms with Gasteiger partial charge >= 0.3 is 0 Å². The van der Waals surface area contributed by atoms with Crippen molar-refractivity contribution in [1.82, 2.24) is 10.3 Å². The van der Waals surface area contributed by atoms with Crippen LogP contribution in [0.15, 0.2) is 24.3 Å². The first-order valence-corrected chi connectivity index (χ1v) is 7.17. The van der Waals surface area contributed by atoms with Crippen LogP contribution in [0.4, 0.5) is 10.1 Å². The third kappa shape index (κ3) is 3.84. The second-order valence-corrected chi connectivity index (χ2v) is 5.46. The molecule has 2 aromatic rings. The lowest BCUT2D eigenvalue weighted by Gasteiger charge is -2.10. The molecule has 1 aromatic carbocycles. The monoisotopic (exact) mass is 335 g/mol. The minimum atomic E-state index is -0.748. The number of aromatic nitrogens is 1. The number of amides is 1. The molecule has 2 rings (SSSR count). The van der Waals surface area contributed by atoms with Crippen LogP contribution in [0.1, 0.15) is 39.0 Å². The fraction of sp³-hybridized carbons (Fsp3) is 0.188. The fourth-order valence-electron chi connectivity index (χ4n) is 2.12. The molecule has 23 heavy (non-hydrogen) atoms. The summed E-state index contributed by atoms with van der Waals surface area (Å²) in [6, 6.07) is 5.64. The Kier molecular flexibility index (Phi) is 4.95. The average Bonchev–Trinajstić information content (AvgIpc) is 2.48. The second kappa shape index (κ2) is 6.75. The number of hydrogen-bond acceptors (Lipinski definition) is 4. The summed E-state index contributed by atoms with van der Waals surface area (Å²) in [7, 11) is 0. The topological polar surface area (TPSA) is 85.1 Å². The van der Waals surface area contributed by atoms with Crippen molar-refractivity contribution >= 4 is 29.0 Å². The Morgan fingerprint density at radius 2 is 2.00 bits per heavy atom. The van der Waals surface area contributed by atoms with E-state index in [1.54, 1.807) is 19.1 Å². The van der Waals surface area contributed by atoms with Gasteiger partial charge in [0.25, 0.3) is 5.91 Å². The Balaban J connectivity index is 2.14. The van der Waals surface area contributed by atoms with Crippen molar-refractivity contribution < 1.29 is 14.0 Å². The Morgan fingerprint density at radius 1 is 1.30 bits per heavy atom. The van der Waals surface area contributed by atoms with Gasteiger partial charge < -0.3 is 11.1 Å². The van der Waals surface area contributed by atoms with Gasteiger partial charge in [-0.3, -0.25) is 14.6 Å². The number of nitrogens with one attached hydrogen (secondary N) is 1. The van der Waals surface area contributed by atoms with Crippen molar-refractivity contribution in [2.24, 2.45) is 0 Å². The average molecular weight is 336 g/mol. The molecular formula is C16H15ClFN3O2. The summed E-state index contributed by atoms with van der Waals surface area (Å²) in [5.41, 5.74) is 6.94. The molecule has 0 fully saturated rings. The highest BCUT2D eigenvalue weighted by atomic mass is 35.5. The summed E-state index contributed by atoms with van der Waals surface area (Å²) >= 11 is 5.73. The predicted octanol–water partition coefficient (Wildman–Crippen LogP) is 2.90. The van der Waals surface area contributed by atoms with E-state index in [1.165, 1.54) is 13.0 Å². The number of hydrogen-bond donors (Lipinski definition) is 2. The van der Waals surface area contributed by atoms with Gasteiger partial charge in [0.05, 0.1) is 23.5 Å². The van der Waals surface area contributed by atoms with Crippen LogP contribution in [0.2, 0.25) is 5.02 Å². The van der Waals surface area contributed by atoms with E-state index in [9.17, 15) is 14.0 Å². The third-order valence-electron chi connectivity index (χ3n) is 3.29. The highest BCUT2D eigenvalue weighted by Gasteiger charge is 2.15. The molecule has 0 spiro atoms. The molecule has 0 aliphatic rings. The molecule has 1 aromatic heterocycles. The molecule has 0 aliphatic carbocycles. The zero-order valence-corrected chi connectivity index (χ0v) is 13.4. The molecule has 120 valence electrons. The Hall–Kier alpha value is -2.47. The highest BCUT2D eigenvalue weighted by Crippen LogP contribution is 2.22. The van der Waals surface area contributed by atoms with Gasteiger partial charge in [0.2, 0.25) is 0 Å². The van der Waals surface area contributed by atoms with Gasteiger partial charge in [-0.1, -0.05) is 11.6 Å². The summed E-state index contributed by atoms with van der Waals surface area (Å²) in [4.78, 5) is 27.7. The van der Waals surface area contributed by atoms with Crippen LogP contribution >= 0.6 is 11.6 Å². The number of nitrogens with zero attached hydrogens (tertiary/aromatic N) is 1. The van der Waals surface area contributed by atoms with E-state index < -0.39 is 11.7 Å². The van der Waals surface area contributed by atoms with E-state index in [4.69, 9.17) is 17.3 Å². The van der Waals surface area contributed by atoms with E-state index in [-0.39, 0.29) is 28.6 Å². The summed E-state index contributed by atoms with van der Waals surface area (Å²) < 4.78 is 13.5. The number of carbonyl (C=O) groups is 2. The Labute approximate surface area is 137 Å². The van der Waals surface area contributed by atoms with Crippen LogP contribution in [0.5, 0.6) is 0 Å². The summed E-state index contributed by atoms with van der Waals surface area (Å²) in [5.74, 6) is -1.38. The van der Waals surface area contributed by atoms with E-state index in [2.05, 4.69) is 10.3 Å². The first-order valence-electron chi connectivity index (χ1n) is 6.79. The summed E-state index contributed by atoms with van der Waals surface area (Å²) in [5, 5.41) is 2.68. The van der Waals surface area contributed by atoms with Crippen molar-refractivity contribution in [3.8, 4) is 0 Å². The minimum absolute atomic E-state index is 0.0351. The zero-order valence-electron chi connectivity index (χ0n) is 12.6. The number of anilines is 1. The third-order valence-corrected chi connectivity index (χ3v) is 3.51. The van der Waals surface area contributed by atoms with Crippen LogP contribution in [-0.2, 0) is 6.54 Å². The molecule has 1 amide bonds. The number of aryl methyl sites for hydroxylation is 1. The molecule has 1 heterocycles. The number of benzene rings is 1. The van der Waals surface area contributed by atoms with Gasteiger partial charge in [0.15, 0.2) is 5.78 Å². The Bertz CT molecular complexity index is 793. The molecule has 0 bridgehead atoms. The fourth-order valence-corrected chi connectivity index (χ4v) is 2.33. The van der Waals surface area contributed by atoms with Gasteiger partial charge in [0.1, 0.15) is 5.82 Å². The van der Waals surface area contributed by atoms with E-state index in [1.807, 2.05) is 0 Å². The molecule has 7 heteroatoms. The number of Topliss-reactive ketones (excluding diaryl/α,β-unsaturated/α-hetero) is 1. The lowest BCUT2D eigenvalue weighted by atomic mass is 10.1. The maximum absolute atomic E-state index is 13.5. The minimum Gasteiger partial charge on any atom is -0.396 e. The van der Waals surface area contributed by atoms with E-state index in [0.717, 1.165) is 6.07 Å². The van der Waals surface area contributed by atoms with Crippen molar-refractivity contribution in [1.29, 1.82) is 0 Å². The van der Waals surface area contributed by atoms with Gasteiger partial charge in [-0.25, -0.2) is 4.39 Å². The van der Waals surface area contributed by atoms with Crippen LogP contribution in [0, 0.1) is 12.7 Å². The molecule has 3 N–H and O–H groups in total. The maximum atomic E-state index is 13.5. The number of nitrogen functional groups attached to an aromatic ring is 1. The molecular weight excluding hydrogens is 321 g/mol. The quantitative estimate of drug-likeness (QED) is 0.664. The predicted molar refractivity (Wildman–Crippen MR) is 86.0 cm³/mol. The number of carbonyl (C=O) groups excluding carboxylic acids is 2. The van der Waals surface area contributed by atoms with E-state index >= 15 is 0 Å². The molecule has 0 saturated carbocycles. The van der Waals surface area contributed by atoms with Crippen LogP contribution < -0.4 is 11.1 Å². The first-order chi connectivity index (χ1) is 10.8. The lowest BCUT2D eigenvalue weighted by molar-refractivity contribution is 0.0949. The van der Waals surface area contributed by atoms with Crippen LogP contribution in [-0.4, -0.2) is 16.7 Å². The number of halogens is 2. The first kappa shape index (κ1) is 16.9. The van der Waals surface area contributed by atoms with Crippen LogP contribution in [0.3, 0.4) is 0 Å². The standard InChI is InChI=1S/C16H15ClFN3O2/c1-8-12(9(2)22)4-3-11(21-8)7-20-16(23)13-5-10(17)6-14(18)15(13)19/h3-6H,7,19H2,1-2H3,(H,20,23). The molecule has 0 atom stereocenters. The second-order valence-electron chi connectivity index (χ2n) is 5.02. The summed E-state index contributed by atoms with van der Waals surface area (Å²) in [6.07, 6.45) is 0. The molecule has 0 aliphatic heterocycles. The lowest BCUT2D eigenvalue weighted by Crippen LogP contribution is -2.25. The number of rotatable bonds is 4. The van der Waals surface area contributed by atoms with Crippen LogP contribution in [0.25, 0.3) is 0 Å². The number of pyridine rings is 1. The Morgan fingerprint density at radius 3 is 2.61 bits per heavy atom. The number of nitrogens with two attached hydrogens (primary N) is 1. The molecule has 0 radical (unpaired) electrons. The van der Waals surface area contributed by atoms with E-state index in [0.29, 0.717) is 17.0 Å². The van der Waals surface area contributed by atoms with Crippen molar-refractivity contribution in [2.45, 2.75) is 20.4 Å². The zero-order chi connectivity index (χ0) is 17.1. The summed E-state index contributed by atoms with van der Waals surface area (Å²) in [6.45, 7) is 3.29. The smallest absolute Gasteiger partial charge is 0.253 e. The molecule has 0 saturated heterocycles. The molecule has 0 unspecified atom stereocenters. The van der Waals surface area contributed by atoms with Gasteiger partial charge in [-0.2, -0.15) is 0 Å². The molecule has 5 nitrogen and oxygen atoms in total. The van der Waals surface area contributed by atoms with Crippen molar-refractivity contribution in [3.05, 3.63) is 57.6 Å².